The molecule has 0 bridgehead atoms. The summed E-state index contributed by atoms with van der Waals surface area (Å²) in [6.07, 6.45) is 0. The number of benzene rings is 9. The van der Waals surface area contributed by atoms with Crippen molar-refractivity contribution in [2.45, 2.75) is 0 Å². The van der Waals surface area contributed by atoms with Gasteiger partial charge in [0.2, 0.25) is 0 Å². The van der Waals surface area contributed by atoms with Gasteiger partial charge in [-0.2, -0.15) is 0 Å². The Labute approximate surface area is 315 Å². The molecule has 10 aromatic rings. The monoisotopic (exact) mass is 688 g/mol. The zero-order valence-corrected chi connectivity index (χ0v) is 29.7. The molecule has 0 atom stereocenters. The van der Waals surface area contributed by atoms with E-state index in [-0.39, 0.29) is 0 Å². The highest BCUT2D eigenvalue weighted by Crippen LogP contribution is 2.47. The zero-order valence-electron chi connectivity index (χ0n) is 29.7. The molecule has 0 aliphatic rings. The molecule has 2 nitrogen and oxygen atoms in total. The maximum Gasteiger partial charge on any atom is 0.0553 e. The van der Waals surface area contributed by atoms with Crippen molar-refractivity contribution in [3.63, 3.8) is 0 Å². The number of aromatic nitrogens is 1. The van der Waals surface area contributed by atoms with Gasteiger partial charge in [0.15, 0.2) is 0 Å². The van der Waals surface area contributed by atoms with Crippen molar-refractivity contribution in [1.29, 1.82) is 0 Å². The van der Waals surface area contributed by atoms with E-state index in [0.717, 1.165) is 22.7 Å². The highest BCUT2D eigenvalue weighted by molar-refractivity contribution is 6.23. The second-order valence-corrected chi connectivity index (χ2v) is 13.7. The van der Waals surface area contributed by atoms with Gasteiger partial charge >= 0.3 is 0 Å². The summed E-state index contributed by atoms with van der Waals surface area (Å²) in [5.74, 6) is 0. The average molecular weight is 689 g/mol. The van der Waals surface area contributed by atoms with Crippen LogP contribution in [0.5, 0.6) is 0 Å². The summed E-state index contributed by atoms with van der Waals surface area (Å²) in [5.41, 5.74) is 14.0. The van der Waals surface area contributed by atoms with Gasteiger partial charge in [0, 0.05) is 33.3 Å². The van der Waals surface area contributed by atoms with E-state index in [1.807, 2.05) is 0 Å². The predicted octanol–water partition coefficient (Wildman–Crippen LogP) is 14.4. The summed E-state index contributed by atoms with van der Waals surface area (Å²) < 4.78 is 2.42. The molecule has 10 rings (SSSR count). The molecule has 0 spiro atoms. The van der Waals surface area contributed by atoms with E-state index >= 15 is 0 Å². The molecular formula is C52H36N2. The second-order valence-electron chi connectivity index (χ2n) is 13.7. The van der Waals surface area contributed by atoms with E-state index < -0.39 is 0 Å². The van der Waals surface area contributed by atoms with E-state index in [9.17, 15) is 0 Å². The van der Waals surface area contributed by atoms with Gasteiger partial charge in [-0.25, -0.2) is 0 Å². The lowest BCUT2D eigenvalue weighted by Gasteiger charge is -2.30. The Bertz CT molecular complexity index is 2840. The highest BCUT2D eigenvalue weighted by atomic mass is 15.1. The fourth-order valence-electron chi connectivity index (χ4n) is 8.22. The number of nitrogens with zero attached hydrogens (tertiary/aromatic N) is 2. The molecule has 0 radical (unpaired) electrons. The summed E-state index contributed by atoms with van der Waals surface area (Å²) in [4.78, 5) is 2.45. The lowest BCUT2D eigenvalue weighted by Crippen LogP contribution is -2.12. The van der Waals surface area contributed by atoms with Crippen molar-refractivity contribution in [2.75, 3.05) is 4.90 Å². The van der Waals surface area contributed by atoms with Crippen LogP contribution in [0.15, 0.2) is 218 Å². The third kappa shape index (κ3) is 5.36. The minimum Gasteiger partial charge on any atom is -0.309 e. The van der Waals surface area contributed by atoms with Gasteiger partial charge in [-0.1, -0.05) is 170 Å². The molecule has 0 aliphatic heterocycles. The summed E-state index contributed by atoms with van der Waals surface area (Å²) in [6.45, 7) is 0. The summed E-state index contributed by atoms with van der Waals surface area (Å²) in [5, 5.41) is 4.94. The van der Waals surface area contributed by atoms with Crippen LogP contribution in [-0.4, -0.2) is 4.57 Å². The molecule has 254 valence electrons. The highest BCUT2D eigenvalue weighted by Gasteiger charge is 2.23. The average Bonchev–Trinajstić information content (AvgIpc) is 3.58. The van der Waals surface area contributed by atoms with Crippen LogP contribution in [0, 0.1) is 0 Å². The van der Waals surface area contributed by atoms with Crippen LogP contribution in [0.2, 0.25) is 0 Å². The van der Waals surface area contributed by atoms with Crippen molar-refractivity contribution in [2.24, 2.45) is 0 Å². The van der Waals surface area contributed by atoms with Gasteiger partial charge in [-0.3, -0.25) is 0 Å². The molecule has 0 fully saturated rings. The van der Waals surface area contributed by atoms with Gasteiger partial charge in [0.1, 0.15) is 0 Å². The molecule has 54 heavy (non-hydrogen) atoms. The van der Waals surface area contributed by atoms with E-state index in [0.29, 0.717) is 0 Å². The van der Waals surface area contributed by atoms with Crippen molar-refractivity contribution in [1.82, 2.24) is 4.57 Å². The third-order valence-electron chi connectivity index (χ3n) is 10.6. The van der Waals surface area contributed by atoms with Gasteiger partial charge in [0.05, 0.1) is 22.4 Å². The van der Waals surface area contributed by atoms with Crippen LogP contribution in [0.1, 0.15) is 0 Å². The Balaban J connectivity index is 1.28. The molecule has 1 aromatic heterocycles. The predicted molar refractivity (Wildman–Crippen MR) is 229 cm³/mol. The number of hydrogen-bond donors (Lipinski definition) is 0. The topological polar surface area (TPSA) is 8.17 Å². The maximum absolute atomic E-state index is 2.45. The smallest absolute Gasteiger partial charge is 0.0553 e. The second kappa shape index (κ2) is 13.4. The Morgan fingerprint density at radius 2 is 0.870 bits per heavy atom. The quantitative estimate of drug-likeness (QED) is 0.162. The van der Waals surface area contributed by atoms with Crippen molar-refractivity contribution < 1.29 is 0 Å². The van der Waals surface area contributed by atoms with Gasteiger partial charge < -0.3 is 9.47 Å². The van der Waals surface area contributed by atoms with Crippen LogP contribution in [0.25, 0.3) is 71.6 Å². The largest absolute Gasteiger partial charge is 0.309 e. The molecule has 0 amide bonds. The maximum atomic E-state index is 2.45. The zero-order chi connectivity index (χ0) is 35.8. The normalized spacial score (nSPS) is 11.3. The number of fused-ring (bicyclic) bond motifs is 4. The summed E-state index contributed by atoms with van der Waals surface area (Å²) >= 11 is 0. The van der Waals surface area contributed by atoms with Crippen LogP contribution in [0.4, 0.5) is 17.1 Å². The van der Waals surface area contributed by atoms with Crippen LogP contribution >= 0.6 is 0 Å². The van der Waals surface area contributed by atoms with Gasteiger partial charge in [-0.15, -0.1) is 0 Å². The lowest BCUT2D eigenvalue weighted by molar-refractivity contribution is 1.18. The van der Waals surface area contributed by atoms with Crippen LogP contribution < -0.4 is 4.90 Å². The molecule has 0 saturated carbocycles. The molecule has 2 heteroatoms. The first-order valence-electron chi connectivity index (χ1n) is 18.5. The number of rotatable bonds is 7. The van der Waals surface area contributed by atoms with E-state index in [4.69, 9.17) is 0 Å². The molecule has 9 aromatic carbocycles. The number of para-hydroxylation sites is 4. The minimum atomic E-state index is 1.09. The van der Waals surface area contributed by atoms with Crippen molar-refractivity contribution >= 4 is 49.6 Å². The Morgan fingerprint density at radius 3 is 1.54 bits per heavy atom. The molecule has 0 unspecified atom stereocenters. The first kappa shape index (κ1) is 31.6. The lowest BCUT2D eigenvalue weighted by atomic mass is 9.92. The fourth-order valence-corrected chi connectivity index (χ4v) is 8.22. The molecule has 0 aliphatic carbocycles. The molecule has 0 saturated heterocycles. The van der Waals surface area contributed by atoms with E-state index in [1.165, 1.54) is 66.0 Å². The fraction of sp³-hybridized carbons (Fsp3) is 0. The van der Waals surface area contributed by atoms with Crippen molar-refractivity contribution in [3.8, 4) is 39.1 Å². The molecule has 1 heterocycles. The minimum absolute atomic E-state index is 1.09. The first-order chi connectivity index (χ1) is 26.8. The summed E-state index contributed by atoms with van der Waals surface area (Å²) in [7, 11) is 0. The van der Waals surface area contributed by atoms with Crippen LogP contribution in [0.3, 0.4) is 0 Å². The third-order valence-corrected chi connectivity index (χ3v) is 10.6. The van der Waals surface area contributed by atoms with Crippen LogP contribution in [-0.2, 0) is 0 Å². The van der Waals surface area contributed by atoms with Gasteiger partial charge in [0.25, 0.3) is 0 Å². The molecule has 0 N–H and O–H groups in total. The van der Waals surface area contributed by atoms with E-state index in [1.54, 1.807) is 0 Å². The SMILES string of the molecule is c1ccc(-c2ccccc2N(c2cccc(-c3c4ccccc4cc4c3c3ccccc3n4-c3ccccc3)c2)c2ccccc2-c2ccccc2)cc1. The number of hydrogen-bond acceptors (Lipinski definition) is 1. The standard InChI is InChI=1S/C52H36N2/c1-4-19-37(20-5-1)43-28-12-15-32-47(43)54(48-33-16-13-29-44(48)38-21-6-2-7-22-38)42-27-18-24-40(35-42)51-45-30-11-10-23-39(45)36-50-52(51)46-31-14-17-34-49(46)53(50)41-25-8-3-9-26-41/h1-36H. The Morgan fingerprint density at radius 1 is 0.352 bits per heavy atom. The number of anilines is 3. The Hall–Kier alpha value is -7.16. The van der Waals surface area contributed by atoms with E-state index in [2.05, 4.69) is 228 Å². The first-order valence-corrected chi connectivity index (χ1v) is 18.5. The summed E-state index contributed by atoms with van der Waals surface area (Å²) in [6, 6.07) is 78.9. The molecular weight excluding hydrogens is 653 g/mol. The van der Waals surface area contributed by atoms with Gasteiger partial charge in [-0.05, 0) is 81.6 Å². The van der Waals surface area contributed by atoms with Crippen molar-refractivity contribution in [3.05, 3.63) is 218 Å². The Kier molecular flexibility index (Phi) is 7.85.